The molecule has 0 amide bonds. The topological polar surface area (TPSA) is 63.6 Å². The summed E-state index contributed by atoms with van der Waals surface area (Å²) in [6, 6.07) is 35.7. The number of pyridine rings is 4. The minimum atomic E-state index is 0.782. The second kappa shape index (κ2) is 10.1. The minimum absolute atomic E-state index is 0.782. The molecule has 5 heteroatoms. The van der Waals surface area contributed by atoms with E-state index in [9.17, 15) is 0 Å². The van der Waals surface area contributed by atoms with Gasteiger partial charge in [-0.1, -0.05) is 78.9 Å². The Labute approximate surface area is 243 Å². The van der Waals surface area contributed by atoms with Crippen molar-refractivity contribution in [3.8, 4) is 33.6 Å². The van der Waals surface area contributed by atoms with Crippen LogP contribution in [0.3, 0.4) is 0 Å². The molecule has 4 aromatic heterocycles. The second-order valence-corrected chi connectivity index (χ2v) is 10.3. The number of rotatable bonds is 4. The molecular weight excluding hydrogens is 514 g/mol. The van der Waals surface area contributed by atoms with Crippen molar-refractivity contribution in [1.29, 1.82) is 0 Å². The van der Waals surface area contributed by atoms with Gasteiger partial charge >= 0.3 is 0 Å². The van der Waals surface area contributed by atoms with Gasteiger partial charge in [0.15, 0.2) is 0 Å². The number of aromatic nitrogens is 4. The van der Waals surface area contributed by atoms with Crippen molar-refractivity contribution in [3.63, 3.8) is 0 Å². The first-order valence-corrected chi connectivity index (χ1v) is 14.0. The smallest absolute Gasteiger partial charge is 0.0978 e. The Bertz CT molecular complexity index is 2180. The number of hydrogen-bond acceptors (Lipinski definition) is 5. The van der Waals surface area contributed by atoms with Crippen molar-refractivity contribution < 1.29 is 0 Å². The van der Waals surface area contributed by atoms with E-state index in [2.05, 4.69) is 101 Å². The van der Waals surface area contributed by atoms with Gasteiger partial charge in [-0.25, -0.2) is 9.97 Å². The van der Waals surface area contributed by atoms with E-state index in [1.165, 1.54) is 5.56 Å². The lowest BCUT2D eigenvalue weighted by Crippen LogP contribution is -2.15. The Hall–Kier alpha value is -5.68. The highest BCUT2D eigenvalue weighted by Crippen LogP contribution is 2.38. The Balaban J connectivity index is 1.29. The zero-order valence-corrected chi connectivity index (χ0v) is 22.7. The van der Waals surface area contributed by atoms with Crippen LogP contribution in [0, 0.1) is 0 Å². The molecule has 0 saturated carbocycles. The van der Waals surface area contributed by atoms with Gasteiger partial charge in [0, 0.05) is 40.7 Å². The molecule has 0 fully saturated rings. The van der Waals surface area contributed by atoms with E-state index < -0.39 is 0 Å². The molecule has 3 aromatic carbocycles. The molecule has 42 heavy (non-hydrogen) atoms. The van der Waals surface area contributed by atoms with Crippen LogP contribution in [0.25, 0.3) is 72.0 Å². The summed E-state index contributed by atoms with van der Waals surface area (Å²) in [6.45, 7) is 0.782. The minimum Gasteiger partial charge on any atom is -0.380 e. The van der Waals surface area contributed by atoms with Crippen molar-refractivity contribution in [2.24, 2.45) is 0 Å². The van der Waals surface area contributed by atoms with Crippen molar-refractivity contribution in [2.75, 3.05) is 6.54 Å². The van der Waals surface area contributed by atoms with Gasteiger partial charge in [-0.2, -0.15) is 0 Å². The number of nitrogens with zero attached hydrogens (tertiary/aromatic N) is 4. The molecule has 1 aliphatic rings. The molecule has 0 saturated heterocycles. The maximum Gasteiger partial charge on any atom is 0.0978 e. The summed E-state index contributed by atoms with van der Waals surface area (Å²) in [4.78, 5) is 19.3. The van der Waals surface area contributed by atoms with E-state index in [0.29, 0.717) is 0 Å². The molecule has 1 N–H and O–H groups in total. The summed E-state index contributed by atoms with van der Waals surface area (Å²) in [5, 5.41) is 6.76. The normalized spacial score (nSPS) is 12.9. The largest absolute Gasteiger partial charge is 0.380 e. The van der Waals surface area contributed by atoms with Crippen molar-refractivity contribution in [3.05, 3.63) is 139 Å². The van der Waals surface area contributed by atoms with Crippen molar-refractivity contribution >= 4 is 38.4 Å². The van der Waals surface area contributed by atoms with E-state index in [-0.39, 0.29) is 0 Å². The third kappa shape index (κ3) is 4.19. The van der Waals surface area contributed by atoms with Crippen molar-refractivity contribution in [2.45, 2.75) is 0 Å². The first-order valence-electron chi connectivity index (χ1n) is 14.0. The fraction of sp³-hybridized carbons (Fsp3) is 0.0270. The Kier molecular flexibility index (Phi) is 5.78. The zero-order valence-electron chi connectivity index (χ0n) is 22.7. The van der Waals surface area contributed by atoms with E-state index in [4.69, 9.17) is 15.0 Å². The van der Waals surface area contributed by atoms with Crippen LogP contribution in [0.15, 0.2) is 134 Å². The molecule has 8 rings (SSSR count). The fourth-order valence-corrected chi connectivity index (χ4v) is 5.75. The number of fused-ring (bicyclic) bond motifs is 4. The van der Waals surface area contributed by atoms with Gasteiger partial charge in [0.1, 0.15) is 0 Å². The lowest BCUT2D eigenvalue weighted by molar-refractivity contribution is 0.981. The molecule has 0 aliphatic carbocycles. The Morgan fingerprint density at radius 3 is 2.26 bits per heavy atom. The van der Waals surface area contributed by atoms with Crippen LogP contribution >= 0.6 is 0 Å². The van der Waals surface area contributed by atoms with E-state index in [1.54, 1.807) is 6.20 Å². The van der Waals surface area contributed by atoms with Gasteiger partial charge in [-0.05, 0) is 59.2 Å². The number of allylic oxidation sites excluding steroid dienone is 2. The summed E-state index contributed by atoms with van der Waals surface area (Å²) in [5.41, 5.74) is 10.9. The van der Waals surface area contributed by atoms with Crippen LogP contribution in [0.2, 0.25) is 0 Å². The number of hydrogen-bond donors (Lipinski definition) is 1. The molecule has 198 valence electrons. The monoisotopic (exact) mass is 539 g/mol. The maximum atomic E-state index is 5.06. The Morgan fingerprint density at radius 2 is 1.40 bits per heavy atom. The van der Waals surface area contributed by atoms with Gasteiger partial charge in [0.25, 0.3) is 0 Å². The van der Waals surface area contributed by atoms with Gasteiger partial charge in [0.05, 0.1) is 39.3 Å². The molecule has 0 bridgehead atoms. The predicted molar refractivity (Wildman–Crippen MR) is 172 cm³/mol. The van der Waals surface area contributed by atoms with Crippen LogP contribution in [-0.2, 0) is 0 Å². The summed E-state index contributed by atoms with van der Waals surface area (Å²) < 4.78 is 0. The van der Waals surface area contributed by atoms with Crippen molar-refractivity contribution in [1.82, 2.24) is 25.3 Å². The predicted octanol–water partition coefficient (Wildman–Crippen LogP) is 8.23. The molecule has 0 radical (unpaired) electrons. The summed E-state index contributed by atoms with van der Waals surface area (Å²) in [7, 11) is 0. The van der Waals surface area contributed by atoms with E-state index >= 15 is 0 Å². The average Bonchev–Trinajstić information content (AvgIpc) is 3.08. The molecule has 7 aromatic rings. The van der Waals surface area contributed by atoms with Crippen LogP contribution in [-0.4, -0.2) is 26.5 Å². The number of dihydropyridines is 1. The van der Waals surface area contributed by atoms with Gasteiger partial charge < -0.3 is 5.32 Å². The Morgan fingerprint density at radius 1 is 0.571 bits per heavy atom. The lowest BCUT2D eigenvalue weighted by atomic mass is 9.93. The highest BCUT2D eigenvalue weighted by atomic mass is 14.9. The fourth-order valence-electron chi connectivity index (χ4n) is 5.75. The van der Waals surface area contributed by atoms with Crippen LogP contribution < -0.4 is 5.32 Å². The molecular formula is C37H25N5. The SMILES string of the molecule is C1=CCNC(c2cc(-c3ccc(-c4c5ccccc5nc5c4ccc4cccnc45)cc3)cc(-c3ccccn3)n2)=C1. The zero-order chi connectivity index (χ0) is 27.9. The standard InChI is InChI=1S/C37H25N5/c1-2-10-30-28(9-1)35(29-18-17-26-8-7-21-40-36(26)37(29)42-30)25-15-13-24(14-16-25)27-22-33(31-11-3-5-19-38-31)41-34(23-27)32-12-4-6-20-39-32/h1-19,21-23,39H,20H2. The van der Waals surface area contributed by atoms with Gasteiger partial charge in [0.2, 0.25) is 0 Å². The van der Waals surface area contributed by atoms with Crippen LogP contribution in [0.1, 0.15) is 5.69 Å². The third-order valence-corrected chi connectivity index (χ3v) is 7.77. The summed E-state index contributed by atoms with van der Waals surface area (Å²) in [5.74, 6) is 0. The van der Waals surface area contributed by atoms with Gasteiger partial charge in [-0.15, -0.1) is 0 Å². The molecule has 5 nitrogen and oxygen atoms in total. The van der Waals surface area contributed by atoms with E-state index in [0.717, 1.165) is 78.7 Å². The lowest BCUT2D eigenvalue weighted by Gasteiger charge is -2.15. The molecule has 0 unspecified atom stereocenters. The quantitative estimate of drug-likeness (QED) is 0.180. The maximum absolute atomic E-state index is 5.06. The number of para-hydroxylation sites is 1. The molecule has 1 aliphatic heterocycles. The summed E-state index contributed by atoms with van der Waals surface area (Å²) in [6.07, 6.45) is 9.87. The van der Waals surface area contributed by atoms with Gasteiger partial charge in [-0.3, -0.25) is 9.97 Å². The highest BCUT2D eigenvalue weighted by Gasteiger charge is 2.15. The molecule has 0 spiro atoms. The molecule has 5 heterocycles. The van der Waals surface area contributed by atoms with Crippen LogP contribution in [0.4, 0.5) is 0 Å². The number of nitrogens with one attached hydrogen (secondary N) is 1. The highest BCUT2D eigenvalue weighted by molar-refractivity contribution is 6.15. The first kappa shape index (κ1) is 24.1. The summed E-state index contributed by atoms with van der Waals surface area (Å²) >= 11 is 0. The van der Waals surface area contributed by atoms with Crippen LogP contribution in [0.5, 0.6) is 0 Å². The third-order valence-electron chi connectivity index (χ3n) is 7.77. The average molecular weight is 540 g/mol. The second-order valence-electron chi connectivity index (χ2n) is 10.3. The van der Waals surface area contributed by atoms with E-state index in [1.807, 2.05) is 36.5 Å². The number of benzene rings is 3. The molecule has 0 atom stereocenters. The first-order chi connectivity index (χ1) is 20.8.